The molecule has 1 amide bonds. The average Bonchev–Trinajstić information content (AvgIpc) is 3.17. The topological polar surface area (TPSA) is 78.9 Å². The van der Waals surface area contributed by atoms with Crippen LogP contribution in [0.15, 0.2) is 10.6 Å². The Morgan fingerprint density at radius 1 is 1.46 bits per heavy atom. The second kappa shape index (κ2) is 6.88. The van der Waals surface area contributed by atoms with E-state index in [1.165, 1.54) is 16.2 Å². The van der Waals surface area contributed by atoms with Gasteiger partial charge in [0.05, 0.1) is 5.56 Å². The van der Waals surface area contributed by atoms with Crippen LogP contribution in [0.25, 0.3) is 0 Å². The average molecular weight is 372 g/mol. The molecule has 1 N–H and O–H groups in total. The van der Waals surface area contributed by atoms with Crippen molar-refractivity contribution in [2.24, 2.45) is 11.3 Å². The van der Waals surface area contributed by atoms with Gasteiger partial charge in [0.25, 0.3) is 5.91 Å². The first-order valence-electron chi connectivity index (χ1n) is 9.03. The minimum atomic E-state index is -0.330. The van der Waals surface area contributed by atoms with Crippen LogP contribution < -0.4 is 5.32 Å². The van der Waals surface area contributed by atoms with E-state index in [9.17, 15) is 10.1 Å². The number of nitrogens with zero attached hydrogens (tertiary/aromatic N) is 2. The molecule has 0 fully saturated rings. The molecule has 0 saturated heterocycles. The number of hydrogen-bond acceptors (Lipinski definition) is 5. The molecule has 138 valence electrons. The van der Waals surface area contributed by atoms with Crippen LogP contribution >= 0.6 is 11.3 Å². The lowest BCUT2D eigenvalue weighted by Crippen LogP contribution is -2.26. The van der Waals surface area contributed by atoms with Crippen LogP contribution in [-0.2, 0) is 12.8 Å². The van der Waals surface area contributed by atoms with Crippen molar-refractivity contribution in [3.05, 3.63) is 33.5 Å². The van der Waals surface area contributed by atoms with Gasteiger partial charge >= 0.3 is 0 Å². The van der Waals surface area contributed by atoms with Crippen molar-refractivity contribution in [1.82, 2.24) is 5.16 Å². The smallest absolute Gasteiger partial charge is 0.278 e. The number of anilines is 1. The summed E-state index contributed by atoms with van der Waals surface area (Å²) in [6, 6.07) is 3.95. The van der Waals surface area contributed by atoms with Crippen LogP contribution in [0.5, 0.6) is 0 Å². The molecule has 0 aliphatic heterocycles. The molecule has 0 spiro atoms. The van der Waals surface area contributed by atoms with E-state index in [4.69, 9.17) is 4.52 Å². The number of fused-ring (bicyclic) bond motifs is 1. The second-order valence-electron chi connectivity index (χ2n) is 8.35. The van der Waals surface area contributed by atoms with Crippen LogP contribution in [0.3, 0.4) is 0 Å². The number of carbonyl (C=O) groups is 1. The molecule has 1 aliphatic carbocycles. The van der Waals surface area contributed by atoms with Gasteiger partial charge in [0.1, 0.15) is 16.8 Å². The quantitative estimate of drug-likeness (QED) is 0.811. The molecule has 2 aromatic heterocycles. The zero-order chi connectivity index (χ0) is 19.1. The van der Waals surface area contributed by atoms with Gasteiger partial charge in [0, 0.05) is 16.9 Å². The van der Waals surface area contributed by atoms with Gasteiger partial charge in [0.2, 0.25) is 0 Å². The van der Waals surface area contributed by atoms with Gasteiger partial charge in [-0.05, 0) is 36.2 Å². The van der Waals surface area contributed by atoms with Crippen molar-refractivity contribution >= 4 is 22.2 Å². The molecule has 1 atom stereocenters. The molecule has 0 unspecified atom stereocenters. The Balaban J connectivity index is 1.84. The molecule has 5 nitrogen and oxygen atoms in total. The van der Waals surface area contributed by atoms with Crippen LogP contribution in [0, 0.1) is 22.7 Å². The molecular weight excluding hydrogens is 346 g/mol. The number of carbonyl (C=O) groups excluding carboxylic acids is 1. The first kappa shape index (κ1) is 18.7. The van der Waals surface area contributed by atoms with Crippen molar-refractivity contribution in [3.63, 3.8) is 0 Å². The number of nitriles is 1. The van der Waals surface area contributed by atoms with Crippen molar-refractivity contribution < 1.29 is 9.32 Å². The maximum atomic E-state index is 12.5. The van der Waals surface area contributed by atoms with Gasteiger partial charge in [-0.25, -0.2) is 0 Å². The lowest BCUT2D eigenvalue weighted by atomic mass is 9.72. The third-order valence-corrected chi connectivity index (χ3v) is 6.33. The zero-order valence-electron chi connectivity index (χ0n) is 16.0. The fraction of sp³-hybridized carbons (Fsp3) is 0.550. The molecule has 2 heterocycles. The van der Waals surface area contributed by atoms with Crippen molar-refractivity contribution in [1.29, 1.82) is 5.26 Å². The molecule has 0 bridgehead atoms. The maximum absolute atomic E-state index is 12.5. The van der Waals surface area contributed by atoms with E-state index < -0.39 is 0 Å². The predicted molar refractivity (Wildman–Crippen MR) is 103 cm³/mol. The second-order valence-corrected chi connectivity index (χ2v) is 9.45. The third kappa shape index (κ3) is 3.54. The highest BCUT2D eigenvalue weighted by Crippen LogP contribution is 2.44. The Hall–Kier alpha value is -2.13. The summed E-state index contributed by atoms with van der Waals surface area (Å²) < 4.78 is 5.20. The maximum Gasteiger partial charge on any atom is 0.278 e. The Kier molecular flexibility index (Phi) is 4.94. The van der Waals surface area contributed by atoms with Crippen molar-refractivity contribution in [2.75, 3.05) is 5.32 Å². The molecular formula is C20H25N3O2S. The van der Waals surface area contributed by atoms with E-state index in [-0.39, 0.29) is 22.9 Å². The Morgan fingerprint density at radius 3 is 2.77 bits per heavy atom. The summed E-state index contributed by atoms with van der Waals surface area (Å²) in [5.74, 6) is 1.10. The zero-order valence-corrected chi connectivity index (χ0v) is 16.8. The van der Waals surface area contributed by atoms with E-state index in [0.29, 0.717) is 22.2 Å². The summed E-state index contributed by atoms with van der Waals surface area (Å²) in [5, 5.41) is 17.0. The first-order valence-corrected chi connectivity index (χ1v) is 9.85. The summed E-state index contributed by atoms with van der Waals surface area (Å²) in [7, 11) is 0. The van der Waals surface area contributed by atoms with Gasteiger partial charge in [0.15, 0.2) is 5.69 Å². The summed E-state index contributed by atoms with van der Waals surface area (Å²) in [4.78, 5) is 13.7. The fourth-order valence-corrected chi connectivity index (χ4v) is 4.64. The van der Waals surface area contributed by atoms with E-state index in [2.05, 4.69) is 37.3 Å². The highest BCUT2D eigenvalue weighted by atomic mass is 32.1. The monoisotopic (exact) mass is 371 g/mol. The summed E-state index contributed by atoms with van der Waals surface area (Å²) in [6.45, 7) is 10.8. The third-order valence-electron chi connectivity index (χ3n) is 5.16. The fourth-order valence-electron chi connectivity index (χ4n) is 3.37. The minimum absolute atomic E-state index is 0.169. The Labute approximate surface area is 158 Å². The highest BCUT2D eigenvalue weighted by Gasteiger charge is 2.32. The largest absolute Gasteiger partial charge is 0.360 e. The van der Waals surface area contributed by atoms with Gasteiger partial charge < -0.3 is 9.84 Å². The molecule has 0 saturated carbocycles. The number of nitrogens with one attached hydrogen (secondary N) is 1. The molecule has 0 radical (unpaired) electrons. The minimum Gasteiger partial charge on any atom is -0.360 e. The van der Waals surface area contributed by atoms with Crippen molar-refractivity contribution in [2.45, 2.75) is 59.8 Å². The van der Waals surface area contributed by atoms with Crippen LogP contribution in [0.2, 0.25) is 0 Å². The lowest BCUT2D eigenvalue weighted by Gasteiger charge is -2.33. The van der Waals surface area contributed by atoms with Gasteiger partial charge in [-0.2, -0.15) is 5.26 Å². The molecule has 1 aliphatic rings. The van der Waals surface area contributed by atoms with E-state index in [0.717, 1.165) is 24.8 Å². The Morgan fingerprint density at radius 2 is 2.19 bits per heavy atom. The molecule has 6 heteroatoms. The molecule has 0 aromatic carbocycles. The number of amides is 1. The van der Waals surface area contributed by atoms with Crippen LogP contribution in [0.1, 0.15) is 79.2 Å². The molecule has 3 rings (SSSR count). The standard InChI is InChI=1S/C20H25N3O2S/c1-11(2)16-9-15(23-25-16)18(24)22-19-14(10-21)13-7-6-12(20(3,4)5)8-17(13)26-19/h9,11-12H,6-8H2,1-5H3,(H,22,24)/t12-/m1/s1. The first-order chi connectivity index (χ1) is 12.2. The number of aromatic nitrogens is 1. The summed E-state index contributed by atoms with van der Waals surface area (Å²) in [6.07, 6.45) is 2.94. The Bertz CT molecular complexity index is 865. The van der Waals surface area contributed by atoms with Gasteiger partial charge in [-0.15, -0.1) is 11.3 Å². The van der Waals surface area contributed by atoms with Gasteiger partial charge in [-0.1, -0.05) is 39.8 Å². The number of rotatable bonds is 3. The van der Waals surface area contributed by atoms with Crippen LogP contribution in [0.4, 0.5) is 5.00 Å². The normalized spacial score (nSPS) is 17.0. The highest BCUT2D eigenvalue weighted by molar-refractivity contribution is 7.16. The number of thiophene rings is 1. The van der Waals surface area contributed by atoms with Gasteiger partial charge in [-0.3, -0.25) is 4.79 Å². The summed E-state index contributed by atoms with van der Waals surface area (Å²) in [5.41, 5.74) is 2.21. The van der Waals surface area contributed by atoms with Crippen molar-refractivity contribution in [3.8, 4) is 6.07 Å². The summed E-state index contributed by atoms with van der Waals surface area (Å²) >= 11 is 1.53. The number of hydrogen-bond donors (Lipinski definition) is 1. The molecule has 2 aromatic rings. The van der Waals surface area contributed by atoms with Crippen LogP contribution in [-0.4, -0.2) is 11.1 Å². The van der Waals surface area contributed by atoms with E-state index in [1.807, 2.05) is 13.8 Å². The predicted octanol–water partition coefficient (Wildman–Crippen LogP) is 5.13. The molecule has 26 heavy (non-hydrogen) atoms. The lowest BCUT2D eigenvalue weighted by molar-refractivity contribution is 0.101. The van der Waals surface area contributed by atoms with E-state index in [1.54, 1.807) is 6.07 Å². The SMILES string of the molecule is CC(C)c1cc(C(=O)Nc2sc3c(c2C#N)CC[C@@H](C(C)(C)C)C3)no1. The van der Waals surface area contributed by atoms with E-state index >= 15 is 0 Å².